The second kappa shape index (κ2) is 12.0. The zero-order valence-corrected chi connectivity index (χ0v) is 22.2. The largest absolute Gasteiger partial charge is 0.477 e. The Labute approximate surface area is 240 Å². The number of carbonyl (C=O) groups excluding carboxylic acids is 2. The second-order valence-electron chi connectivity index (χ2n) is 9.12. The molecule has 0 bridgehead atoms. The van der Waals surface area contributed by atoms with E-state index in [0.29, 0.717) is 16.9 Å². The fourth-order valence-corrected chi connectivity index (χ4v) is 4.44. The highest BCUT2D eigenvalue weighted by molar-refractivity contribution is 5.97. The van der Waals surface area contributed by atoms with Crippen LogP contribution < -0.4 is 19.9 Å². The standard InChI is InChI=1S/C32H24N6O4/c39-31(41-27(22-13-5-1-6-14-22)23-15-7-2-8-16-23)37-30-35-28-26(33-21-34-28)29(36-30)42-32(40)38(24-17-9-3-10-18-24)25-19-11-4-12-20-25/h1-21,27H,(H2,33,34,35,36,37,39)/p+1. The number of para-hydroxylation sites is 2. The van der Waals surface area contributed by atoms with Crippen molar-refractivity contribution in [2.24, 2.45) is 0 Å². The molecule has 0 spiro atoms. The first-order valence-corrected chi connectivity index (χ1v) is 13.1. The van der Waals surface area contributed by atoms with Crippen molar-refractivity contribution in [3.05, 3.63) is 139 Å². The van der Waals surface area contributed by atoms with E-state index >= 15 is 0 Å². The number of aromatic amines is 2. The molecule has 2 heterocycles. The summed E-state index contributed by atoms with van der Waals surface area (Å²) in [5.74, 6) is -0.00873. The molecule has 0 atom stereocenters. The van der Waals surface area contributed by atoms with Gasteiger partial charge in [0.25, 0.3) is 11.5 Å². The number of hydrogen-bond acceptors (Lipinski definition) is 6. The van der Waals surface area contributed by atoms with Crippen molar-refractivity contribution in [2.75, 3.05) is 10.2 Å². The van der Waals surface area contributed by atoms with Crippen molar-refractivity contribution in [3.63, 3.8) is 0 Å². The van der Waals surface area contributed by atoms with Crippen LogP contribution in [0.25, 0.3) is 11.2 Å². The molecule has 0 aliphatic carbocycles. The van der Waals surface area contributed by atoms with Crippen LogP contribution in [0.4, 0.5) is 26.9 Å². The van der Waals surface area contributed by atoms with Gasteiger partial charge in [-0.2, -0.15) is 5.32 Å². The molecule has 0 fully saturated rings. The van der Waals surface area contributed by atoms with Crippen LogP contribution in [0.3, 0.4) is 0 Å². The number of nitrogens with zero attached hydrogens (tertiary/aromatic N) is 3. The molecule has 6 aromatic rings. The van der Waals surface area contributed by atoms with Gasteiger partial charge in [-0.3, -0.25) is 0 Å². The fourth-order valence-electron chi connectivity index (χ4n) is 4.44. The van der Waals surface area contributed by atoms with Crippen molar-refractivity contribution in [2.45, 2.75) is 6.10 Å². The first kappa shape index (κ1) is 26.2. The van der Waals surface area contributed by atoms with Crippen LogP contribution in [-0.4, -0.2) is 27.1 Å². The lowest BCUT2D eigenvalue weighted by atomic mass is 10.0. The minimum atomic E-state index is -0.765. The number of fused-ring (bicyclic) bond motifs is 1. The molecule has 2 aromatic heterocycles. The van der Waals surface area contributed by atoms with Gasteiger partial charge in [-0.05, 0) is 40.4 Å². The van der Waals surface area contributed by atoms with Crippen LogP contribution in [-0.2, 0) is 4.74 Å². The Kier molecular flexibility index (Phi) is 7.49. The highest BCUT2D eigenvalue weighted by atomic mass is 16.6. The van der Waals surface area contributed by atoms with E-state index in [4.69, 9.17) is 9.47 Å². The van der Waals surface area contributed by atoms with E-state index in [-0.39, 0.29) is 17.5 Å². The molecule has 0 saturated heterocycles. The Hall–Kier alpha value is -6.03. The predicted octanol–water partition coefficient (Wildman–Crippen LogP) is 6.45. The third-order valence-corrected chi connectivity index (χ3v) is 6.35. The Balaban J connectivity index is 1.27. The maximum Gasteiger partial charge on any atom is 0.477 e. The first-order chi connectivity index (χ1) is 20.7. The number of benzene rings is 4. The van der Waals surface area contributed by atoms with Crippen LogP contribution >= 0.6 is 0 Å². The van der Waals surface area contributed by atoms with Gasteiger partial charge in [0.1, 0.15) is 0 Å². The van der Waals surface area contributed by atoms with Crippen molar-refractivity contribution in [1.82, 2.24) is 15.0 Å². The molecular weight excluding hydrogens is 532 g/mol. The number of rotatable bonds is 7. The van der Waals surface area contributed by atoms with E-state index in [0.717, 1.165) is 11.1 Å². The summed E-state index contributed by atoms with van der Waals surface area (Å²) in [6.07, 6.45) is -0.701. The van der Waals surface area contributed by atoms with Crippen LogP contribution in [0.15, 0.2) is 128 Å². The molecule has 10 heteroatoms. The number of hydrogen-bond donors (Lipinski definition) is 2. The van der Waals surface area contributed by atoms with E-state index in [2.05, 4.69) is 25.3 Å². The highest BCUT2D eigenvalue weighted by Gasteiger charge is 2.27. The van der Waals surface area contributed by atoms with Gasteiger partial charge < -0.3 is 14.5 Å². The Bertz CT molecular complexity index is 1720. The van der Waals surface area contributed by atoms with E-state index in [1.54, 1.807) is 24.3 Å². The molecule has 6 rings (SSSR count). The molecule has 0 unspecified atom stereocenters. The average molecular weight is 558 g/mol. The molecule has 2 amide bonds. The molecule has 10 nitrogen and oxygen atoms in total. The van der Waals surface area contributed by atoms with Crippen LogP contribution in [0.5, 0.6) is 5.88 Å². The summed E-state index contributed by atoms with van der Waals surface area (Å²) in [6, 6.07) is 37.1. The lowest BCUT2D eigenvalue weighted by molar-refractivity contribution is -0.375. The zero-order chi connectivity index (χ0) is 28.7. The summed E-state index contributed by atoms with van der Waals surface area (Å²) < 4.78 is 11.7. The number of nitrogens with one attached hydrogen (secondary N) is 3. The van der Waals surface area contributed by atoms with Gasteiger partial charge in [-0.1, -0.05) is 97.1 Å². The molecule has 3 N–H and O–H groups in total. The van der Waals surface area contributed by atoms with Gasteiger partial charge in [0, 0.05) is 0 Å². The third kappa shape index (κ3) is 5.77. The first-order valence-electron chi connectivity index (χ1n) is 13.1. The van der Waals surface area contributed by atoms with Gasteiger partial charge in [-0.15, -0.1) is 0 Å². The topological polar surface area (TPSA) is 124 Å². The number of H-pyrrole nitrogens is 2. The van der Waals surface area contributed by atoms with Gasteiger partial charge >= 0.3 is 18.1 Å². The normalized spacial score (nSPS) is 10.8. The van der Waals surface area contributed by atoms with Crippen LogP contribution in [0, 0.1) is 0 Å². The van der Waals surface area contributed by atoms with Gasteiger partial charge in [0.15, 0.2) is 11.6 Å². The molecule has 42 heavy (non-hydrogen) atoms. The molecule has 4 aromatic carbocycles. The summed E-state index contributed by atoms with van der Waals surface area (Å²) in [5.41, 5.74) is 3.39. The lowest BCUT2D eigenvalue weighted by Crippen LogP contribution is -2.32. The quantitative estimate of drug-likeness (QED) is 0.233. The van der Waals surface area contributed by atoms with Crippen molar-refractivity contribution in [1.29, 1.82) is 0 Å². The molecule has 0 aliphatic rings. The van der Waals surface area contributed by atoms with Gasteiger partial charge in [0.05, 0.1) is 17.7 Å². The second-order valence-corrected chi connectivity index (χ2v) is 9.12. The van der Waals surface area contributed by atoms with E-state index in [9.17, 15) is 9.59 Å². The summed E-state index contributed by atoms with van der Waals surface area (Å²) in [5, 5.41) is 2.61. The molecule has 0 aliphatic heterocycles. The monoisotopic (exact) mass is 557 g/mol. The van der Waals surface area contributed by atoms with Gasteiger partial charge in [0.2, 0.25) is 0 Å². The summed E-state index contributed by atoms with van der Waals surface area (Å²) >= 11 is 0. The third-order valence-electron chi connectivity index (χ3n) is 6.35. The molecular formula is C32H25N6O4+. The van der Waals surface area contributed by atoms with E-state index in [1.165, 1.54) is 11.2 Å². The molecule has 0 radical (unpaired) electrons. The van der Waals surface area contributed by atoms with Crippen molar-refractivity contribution in [3.8, 4) is 5.88 Å². The maximum atomic E-state index is 13.6. The fraction of sp³-hybridized carbons (Fsp3) is 0.0312. The average Bonchev–Trinajstić information content (AvgIpc) is 3.51. The maximum absolute atomic E-state index is 13.6. The zero-order valence-electron chi connectivity index (χ0n) is 22.2. The van der Waals surface area contributed by atoms with Crippen molar-refractivity contribution >= 4 is 40.7 Å². The summed E-state index contributed by atoms with van der Waals surface area (Å²) in [4.78, 5) is 42.5. The number of aromatic nitrogens is 4. The number of imidazole rings is 1. The minimum Gasteiger partial charge on any atom is -0.424 e. The number of anilines is 3. The van der Waals surface area contributed by atoms with Crippen LogP contribution in [0.1, 0.15) is 17.2 Å². The lowest BCUT2D eigenvalue weighted by Gasteiger charge is -2.21. The summed E-state index contributed by atoms with van der Waals surface area (Å²) in [7, 11) is 0. The smallest absolute Gasteiger partial charge is 0.424 e. The van der Waals surface area contributed by atoms with E-state index < -0.39 is 18.3 Å². The minimum absolute atomic E-state index is 0.0114. The van der Waals surface area contributed by atoms with Crippen LogP contribution in [0.2, 0.25) is 0 Å². The number of amides is 2. The van der Waals surface area contributed by atoms with Crippen molar-refractivity contribution < 1.29 is 24.0 Å². The van der Waals surface area contributed by atoms with Gasteiger partial charge in [-0.25, -0.2) is 24.5 Å². The molecule has 206 valence electrons. The number of carbonyl (C=O) groups is 2. The summed E-state index contributed by atoms with van der Waals surface area (Å²) in [6.45, 7) is 0. The number of ether oxygens (including phenoxy) is 2. The predicted molar refractivity (Wildman–Crippen MR) is 156 cm³/mol. The SMILES string of the molecule is O=C(Nc1nc2nc[nH]c2c(OC(=O)N(c2ccccc2)c2ccccc2)[nH+]1)OC(c1ccccc1)c1ccccc1. The Morgan fingerprint density at radius 2 is 1.29 bits per heavy atom. The highest BCUT2D eigenvalue weighted by Crippen LogP contribution is 2.28. The Morgan fingerprint density at radius 1 is 0.762 bits per heavy atom. The molecule has 0 saturated carbocycles. The Morgan fingerprint density at radius 3 is 1.83 bits per heavy atom. The van der Waals surface area contributed by atoms with E-state index in [1.807, 2.05) is 97.1 Å².